The molecule has 0 spiro atoms. The van der Waals surface area contributed by atoms with Gasteiger partial charge in [0.05, 0.1) is 11.3 Å². The number of hydrogen-bond donors (Lipinski definition) is 2. The Balaban J connectivity index is 2.50. The molecule has 0 amide bonds. The Morgan fingerprint density at radius 2 is 1.49 bits per heavy atom. The van der Waals surface area contributed by atoms with Gasteiger partial charge in [-0.3, -0.25) is 24.0 Å². The number of carbonyl (C=O) groups is 5. The van der Waals surface area contributed by atoms with Crippen molar-refractivity contribution in [3.63, 3.8) is 0 Å². The van der Waals surface area contributed by atoms with E-state index in [4.69, 9.17) is 35.3 Å². The van der Waals surface area contributed by atoms with E-state index in [2.05, 4.69) is 0 Å². The molecule has 3 rings (SSSR count). The zero-order valence-electron chi connectivity index (χ0n) is 24.0. The average molecular weight is 601 g/mol. The van der Waals surface area contributed by atoms with E-state index in [-0.39, 0.29) is 12.3 Å². The molecule has 1 aliphatic heterocycles. The zero-order valence-corrected chi connectivity index (χ0v) is 24.8. The number of halogens is 1. The third-order valence-electron chi connectivity index (χ3n) is 8.40. The second kappa shape index (κ2) is 11.7. The monoisotopic (exact) mass is 600 g/mol. The summed E-state index contributed by atoms with van der Waals surface area (Å²) in [4.78, 5) is 62.5. The van der Waals surface area contributed by atoms with Crippen LogP contribution in [-0.4, -0.2) is 87.7 Å². The van der Waals surface area contributed by atoms with Crippen molar-refractivity contribution in [1.29, 1.82) is 0 Å². The molecule has 0 radical (unpaired) electrons. The average Bonchev–Trinajstić information content (AvgIpc) is 3.05. The van der Waals surface area contributed by atoms with Crippen molar-refractivity contribution >= 4 is 41.4 Å². The molecule has 228 valence electrons. The highest BCUT2D eigenvalue weighted by molar-refractivity contribution is 6.19. The third-order valence-corrected chi connectivity index (χ3v) is 8.71. The van der Waals surface area contributed by atoms with Gasteiger partial charge in [0.25, 0.3) is 0 Å². The Morgan fingerprint density at radius 3 is 2.00 bits per heavy atom. The molecule has 0 bridgehead atoms. The lowest BCUT2D eigenvalue weighted by molar-refractivity contribution is -0.286. The maximum Gasteiger partial charge on any atom is 0.312 e. The molecule has 41 heavy (non-hydrogen) atoms. The highest BCUT2D eigenvalue weighted by Gasteiger charge is 2.72. The molecule has 3 aliphatic rings. The number of rotatable bonds is 5. The van der Waals surface area contributed by atoms with Crippen molar-refractivity contribution < 1.29 is 57.9 Å². The van der Waals surface area contributed by atoms with Gasteiger partial charge in [0.15, 0.2) is 11.7 Å². The van der Waals surface area contributed by atoms with Crippen molar-refractivity contribution in [2.75, 3.05) is 5.88 Å². The first-order chi connectivity index (χ1) is 18.9. The van der Waals surface area contributed by atoms with Crippen molar-refractivity contribution in [1.82, 2.24) is 0 Å². The van der Waals surface area contributed by atoms with Gasteiger partial charge >= 0.3 is 29.8 Å². The normalized spacial score (nSPS) is 40.2. The van der Waals surface area contributed by atoms with Crippen molar-refractivity contribution in [3.8, 4) is 0 Å². The molecule has 2 fully saturated rings. The Kier molecular flexibility index (Phi) is 9.31. The van der Waals surface area contributed by atoms with E-state index in [1.807, 2.05) is 0 Å². The maximum absolute atomic E-state index is 12.9. The highest BCUT2D eigenvalue weighted by atomic mass is 35.5. The van der Waals surface area contributed by atoms with Crippen molar-refractivity contribution in [3.05, 3.63) is 23.8 Å². The molecule has 2 N–H and O–H groups in total. The smallest absolute Gasteiger partial charge is 0.312 e. The second-order valence-corrected chi connectivity index (χ2v) is 11.5. The summed E-state index contributed by atoms with van der Waals surface area (Å²) < 4.78 is 28.2. The first-order valence-electron chi connectivity index (χ1n) is 13.2. The number of esters is 5. The number of alkyl halides is 1. The van der Waals surface area contributed by atoms with Gasteiger partial charge in [-0.15, -0.1) is 11.6 Å². The van der Waals surface area contributed by atoms with Crippen molar-refractivity contribution in [2.45, 2.75) is 96.6 Å². The van der Waals surface area contributed by atoms with Gasteiger partial charge in [-0.1, -0.05) is 13.0 Å². The van der Waals surface area contributed by atoms with Crippen LogP contribution in [0.15, 0.2) is 23.8 Å². The van der Waals surface area contributed by atoms with Crippen LogP contribution in [-0.2, 0) is 47.7 Å². The summed E-state index contributed by atoms with van der Waals surface area (Å²) >= 11 is 6.17. The van der Waals surface area contributed by atoms with Crippen LogP contribution in [0, 0.1) is 17.3 Å². The summed E-state index contributed by atoms with van der Waals surface area (Å²) in [7, 11) is 0. The molecule has 10 unspecified atom stereocenters. The van der Waals surface area contributed by atoms with Gasteiger partial charge in [-0.2, -0.15) is 0 Å². The van der Waals surface area contributed by atoms with Gasteiger partial charge in [-0.25, -0.2) is 0 Å². The van der Waals surface area contributed by atoms with Gasteiger partial charge in [0.2, 0.25) is 0 Å². The lowest BCUT2D eigenvalue weighted by atomic mass is 9.51. The van der Waals surface area contributed by atoms with E-state index >= 15 is 0 Å². The van der Waals surface area contributed by atoms with Crippen LogP contribution in [0.1, 0.15) is 54.9 Å². The summed E-state index contributed by atoms with van der Waals surface area (Å²) in [5.74, 6) is -6.86. The van der Waals surface area contributed by atoms with E-state index in [0.717, 1.165) is 27.7 Å². The van der Waals surface area contributed by atoms with Crippen LogP contribution in [0.3, 0.4) is 0 Å². The minimum Gasteiger partial charge on any atom is -0.462 e. The van der Waals surface area contributed by atoms with Gasteiger partial charge in [-0.05, 0) is 31.6 Å². The van der Waals surface area contributed by atoms with E-state index in [0.29, 0.717) is 5.57 Å². The standard InChI is InChI=1S/C28H37ClO12/c1-13-25(34)41-22-10-18(12-29)8-9-19(37-14(2)30)26(6)20(38-15(3)31)11-21(39-16(4)32)27(7,35)23(26)24(28(13,22)36)40-17(5)33/h8-10,13,19-24,35-36H,11-12H2,1-7H3. The van der Waals surface area contributed by atoms with Gasteiger partial charge in [0, 0.05) is 45.9 Å². The molecule has 0 aromatic carbocycles. The van der Waals surface area contributed by atoms with E-state index in [9.17, 15) is 34.2 Å². The fourth-order valence-electron chi connectivity index (χ4n) is 6.50. The SMILES string of the molecule is CC(=O)OC1CC(OC(C)=O)C2(C)C(OC(C)=O)C=CC(CCl)=CC3OC(=O)C(C)C3(O)C(OC(C)=O)C2C1(C)O. The zero-order chi connectivity index (χ0) is 31.1. The second-order valence-electron chi connectivity index (χ2n) is 11.3. The fraction of sp³-hybridized carbons (Fsp3) is 0.679. The summed E-state index contributed by atoms with van der Waals surface area (Å²) in [6.07, 6.45) is -2.92. The Bertz CT molecular complexity index is 1160. The Labute approximate surface area is 242 Å². The molecule has 12 nitrogen and oxygen atoms in total. The fourth-order valence-corrected chi connectivity index (χ4v) is 6.67. The van der Waals surface area contributed by atoms with Gasteiger partial charge in [0.1, 0.15) is 30.0 Å². The summed E-state index contributed by atoms with van der Waals surface area (Å²) in [6.45, 7) is 8.72. The van der Waals surface area contributed by atoms with Crippen LogP contribution in [0.2, 0.25) is 0 Å². The number of allylic oxidation sites excluding steroid dienone is 2. The summed E-state index contributed by atoms with van der Waals surface area (Å²) in [5, 5.41) is 24.7. The summed E-state index contributed by atoms with van der Waals surface area (Å²) in [6, 6.07) is 0. The minimum atomic E-state index is -2.32. The van der Waals surface area contributed by atoms with E-state index in [1.165, 1.54) is 39.0 Å². The van der Waals surface area contributed by atoms with Crippen molar-refractivity contribution in [2.24, 2.45) is 17.3 Å². The first kappa shape index (κ1) is 32.6. The third kappa shape index (κ3) is 5.87. The number of fused-ring (bicyclic) bond motifs is 2. The minimum absolute atomic E-state index is 0.111. The molecule has 0 aromatic heterocycles. The van der Waals surface area contributed by atoms with Crippen LogP contribution >= 0.6 is 11.6 Å². The molecular weight excluding hydrogens is 564 g/mol. The molecule has 1 saturated heterocycles. The number of hydrogen-bond acceptors (Lipinski definition) is 12. The first-order valence-corrected chi connectivity index (χ1v) is 13.7. The van der Waals surface area contributed by atoms with Crippen LogP contribution < -0.4 is 0 Å². The molecule has 10 atom stereocenters. The number of carbonyl (C=O) groups excluding carboxylic acids is 5. The molecule has 2 aliphatic carbocycles. The predicted molar refractivity (Wildman–Crippen MR) is 141 cm³/mol. The van der Waals surface area contributed by atoms with E-state index in [1.54, 1.807) is 0 Å². The maximum atomic E-state index is 12.9. The van der Waals surface area contributed by atoms with Crippen LogP contribution in [0.25, 0.3) is 0 Å². The Hall–Kier alpha value is -2.96. The van der Waals surface area contributed by atoms with E-state index < -0.39 is 88.8 Å². The quantitative estimate of drug-likeness (QED) is 0.265. The molecule has 0 aromatic rings. The summed E-state index contributed by atoms with van der Waals surface area (Å²) in [5.41, 5.74) is -5.76. The van der Waals surface area contributed by atoms with Gasteiger partial charge < -0.3 is 33.9 Å². The predicted octanol–water partition coefficient (Wildman–Crippen LogP) is 1.52. The number of aliphatic hydroxyl groups is 2. The lowest BCUT2D eigenvalue weighted by Crippen LogP contribution is -2.74. The molecule has 1 saturated carbocycles. The Morgan fingerprint density at radius 1 is 0.951 bits per heavy atom. The molecule has 13 heteroatoms. The molecule has 1 heterocycles. The lowest BCUT2D eigenvalue weighted by Gasteiger charge is -2.60. The topological polar surface area (TPSA) is 172 Å². The number of ether oxygens (including phenoxy) is 5. The van der Waals surface area contributed by atoms with Crippen LogP contribution in [0.4, 0.5) is 0 Å². The largest absolute Gasteiger partial charge is 0.462 e. The molecular formula is C28H37ClO12. The highest BCUT2D eigenvalue weighted by Crippen LogP contribution is 2.57. The van der Waals surface area contributed by atoms with Crippen LogP contribution in [0.5, 0.6) is 0 Å².